The molecule has 3 aromatic rings. The first-order chi connectivity index (χ1) is 13.0. The number of aromatic carboxylic acids is 1. The summed E-state index contributed by atoms with van der Waals surface area (Å²) in [6, 6.07) is 19.8. The highest BCUT2D eigenvalue weighted by Crippen LogP contribution is 2.16. The van der Waals surface area contributed by atoms with Crippen LogP contribution in [0.1, 0.15) is 52.4 Å². The number of carbonyl (C=O) groups is 1. The Balaban J connectivity index is 1.63. The van der Waals surface area contributed by atoms with Crippen LogP contribution in [0.2, 0.25) is 0 Å². The first-order valence-corrected chi connectivity index (χ1v) is 9.10. The van der Waals surface area contributed by atoms with Crippen LogP contribution in [-0.2, 0) is 6.54 Å². The summed E-state index contributed by atoms with van der Waals surface area (Å²) < 4.78 is 2.07. The van der Waals surface area contributed by atoms with E-state index in [1.54, 1.807) is 12.1 Å². The van der Waals surface area contributed by atoms with Gasteiger partial charge < -0.3 is 5.11 Å². The maximum absolute atomic E-state index is 10.9. The van der Waals surface area contributed by atoms with E-state index in [0.717, 1.165) is 11.1 Å². The third-order valence-electron chi connectivity index (χ3n) is 4.55. The second-order valence-corrected chi connectivity index (χ2v) is 6.96. The largest absolute Gasteiger partial charge is 0.478 e. The zero-order valence-corrected chi connectivity index (χ0v) is 15.7. The molecule has 0 bridgehead atoms. The van der Waals surface area contributed by atoms with E-state index < -0.39 is 5.97 Å². The number of carboxylic acids is 1. The van der Waals surface area contributed by atoms with Crippen molar-refractivity contribution in [1.82, 2.24) is 0 Å². The van der Waals surface area contributed by atoms with Gasteiger partial charge in [0.05, 0.1) is 5.56 Å². The molecular formula is C24H24NO2+. The number of pyridine rings is 1. The summed E-state index contributed by atoms with van der Waals surface area (Å²) in [4.78, 5) is 10.9. The maximum atomic E-state index is 10.9. The van der Waals surface area contributed by atoms with E-state index in [0.29, 0.717) is 18.0 Å². The van der Waals surface area contributed by atoms with Crippen molar-refractivity contribution >= 4 is 18.1 Å². The van der Waals surface area contributed by atoms with Crippen LogP contribution in [0.25, 0.3) is 12.2 Å². The molecule has 0 amide bonds. The molecule has 1 N–H and O–H groups in total. The highest BCUT2D eigenvalue weighted by atomic mass is 16.4. The van der Waals surface area contributed by atoms with Crippen LogP contribution in [-0.4, -0.2) is 11.1 Å². The zero-order chi connectivity index (χ0) is 19.2. The molecule has 0 aliphatic heterocycles. The molecule has 0 radical (unpaired) electrons. The standard InChI is InChI=1S/C24H23NO2/c1-18(2)22-9-5-19(6-10-22)3-4-20-13-15-25(16-14-20)17-21-7-11-23(12-8-21)24(26)27/h3-16,18H,17H2,1-2H3/p+1/b4-3-. The van der Waals surface area contributed by atoms with E-state index in [4.69, 9.17) is 5.11 Å². The smallest absolute Gasteiger partial charge is 0.335 e. The van der Waals surface area contributed by atoms with Crippen molar-refractivity contribution in [3.05, 3.63) is 101 Å². The Kier molecular flexibility index (Phi) is 5.82. The van der Waals surface area contributed by atoms with E-state index >= 15 is 0 Å². The van der Waals surface area contributed by atoms with Gasteiger partial charge in [0, 0.05) is 17.7 Å². The molecule has 0 fully saturated rings. The molecule has 0 atom stereocenters. The zero-order valence-electron chi connectivity index (χ0n) is 15.7. The molecule has 3 rings (SSSR count). The molecule has 0 saturated heterocycles. The summed E-state index contributed by atoms with van der Waals surface area (Å²) in [7, 11) is 0. The topological polar surface area (TPSA) is 41.2 Å². The lowest BCUT2D eigenvalue weighted by molar-refractivity contribution is -0.688. The van der Waals surface area contributed by atoms with Crippen molar-refractivity contribution in [2.24, 2.45) is 0 Å². The van der Waals surface area contributed by atoms with Crippen LogP contribution in [0, 0.1) is 0 Å². The lowest BCUT2D eigenvalue weighted by Gasteiger charge is -2.04. The van der Waals surface area contributed by atoms with Crippen molar-refractivity contribution in [2.45, 2.75) is 26.3 Å². The van der Waals surface area contributed by atoms with E-state index in [9.17, 15) is 4.79 Å². The molecule has 3 nitrogen and oxygen atoms in total. The first-order valence-electron chi connectivity index (χ1n) is 9.10. The second-order valence-electron chi connectivity index (χ2n) is 6.96. The summed E-state index contributed by atoms with van der Waals surface area (Å²) in [5.74, 6) is -0.350. The fourth-order valence-corrected chi connectivity index (χ4v) is 2.83. The Morgan fingerprint density at radius 1 is 0.889 bits per heavy atom. The lowest BCUT2D eigenvalue weighted by Crippen LogP contribution is -2.33. The Bertz CT molecular complexity index is 922. The minimum absolute atomic E-state index is 0.311. The van der Waals surface area contributed by atoms with Gasteiger partial charge in [-0.15, -0.1) is 0 Å². The molecule has 1 aromatic heterocycles. The van der Waals surface area contributed by atoms with Crippen molar-refractivity contribution in [2.75, 3.05) is 0 Å². The molecule has 2 aromatic carbocycles. The number of aromatic nitrogens is 1. The molecular weight excluding hydrogens is 334 g/mol. The minimum Gasteiger partial charge on any atom is -0.478 e. The predicted octanol–water partition coefficient (Wildman–Crippen LogP) is 5.01. The summed E-state index contributed by atoms with van der Waals surface area (Å²) in [6.07, 6.45) is 8.30. The second kappa shape index (κ2) is 8.45. The third kappa shape index (κ3) is 5.14. The van der Waals surface area contributed by atoms with Gasteiger partial charge in [-0.05, 0) is 34.7 Å². The Labute approximate surface area is 160 Å². The quantitative estimate of drug-likeness (QED) is 0.629. The van der Waals surface area contributed by atoms with Gasteiger partial charge in [-0.2, -0.15) is 0 Å². The van der Waals surface area contributed by atoms with E-state index in [-0.39, 0.29) is 0 Å². The molecule has 0 aliphatic rings. The SMILES string of the molecule is CC(C)c1ccc(/C=C\c2cc[n+](Cc3ccc(C(=O)O)cc3)cc2)cc1. The number of nitrogens with zero attached hydrogens (tertiary/aromatic N) is 1. The van der Waals surface area contributed by atoms with Gasteiger partial charge in [-0.3, -0.25) is 0 Å². The molecule has 3 heteroatoms. The van der Waals surface area contributed by atoms with Gasteiger partial charge in [0.2, 0.25) is 0 Å². The Hall–Kier alpha value is -3.20. The van der Waals surface area contributed by atoms with E-state index in [1.165, 1.54) is 11.1 Å². The Morgan fingerprint density at radius 2 is 1.44 bits per heavy atom. The van der Waals surface area contributed by atoms with Crippen molar-refractivity contribution < 1.29 is 14.5 Å². The van der Waals surface area contributed by atoms with Crippen LogP contribution < -0.4 is 4.57 Å². The van der Waals surface area contributed by atoms with Crippen LogP contribution in [0.3, 0.4) is 0 Å². The maximum Gasteiger partial charge on any atom is 0.335 e. The van der Waals surface area contributed by atoms with Crippen molar-refractivity contribution in [3.63, 3.8) is 0 Å². The van der Waals surface area contributed by atoms with Gasteiger partial charge in [0.1, 0.15) is 0 Å². The van der Waals surface area contributed by atoms with Gasteiger partial charge in [0.25, 0.3) is 0 Å². The van der Waals surface area contributed by atoms with Gasteiger partial charge in [-0.1, -0.05) is 62.4 Å². The van der Waals surface area contributed by atoms with Crippen molar-refractivity contribution in [3.8, 4) is 0 Å². The van der Waals surface area contributed by atoms with Crippen LogP contribution in [0.15, 0.2) is 73.1 Å². The molecule has 0 saturated carbocycles. The fourth-order valence-electron chi connectivity index (χ4n) is 2.83. The third-order valence-corrected chi connectivity index (χ3v) is 4.55. The number of rotatable bonds is 6. The molecule has 27 heavy (non-hydrogen) atoms. The monoisotopic (exact) mass is 358 g/mol. The predicted molar refractivity (Wildman–Crippen MR) is 109 cm³/mol. The summed E-state index contributed by atoms with van der Waals surface area (Å²) in [5, 5.41) is 8.95. The minimum atomic E-state index is -0.899. The number of hydrogen-bond donors (Lipinski definition) is 1. The van der Waals surface area contributed by atoms with Crippen LogP contribution in [0.5, 0.6) is 0 Å². The van der Waals surface area contributed by atoms with Crippen molar-refractivity contribution in [1.29, 1.82) is 0 Å². The average molecular weight is 358 g/mol. The normalized spacial score (nSPS) is 11.2. The fraction of sp³-hybridized carbons (Fsp3) is 0.167. The number of hydrogen-bond acceptors (Lipinski definition) is 1. The lowest BCUT2D eigenvalue weighted by atomic mass is 10.0. The number of benzene rings is 2. The summed E-state index contributed by atoms with van der Waals surface area (Å²) >= 11 is 0. The molecule has 0 aliphatic carbocycles. The molecule has 1 heterocycles. The summed E-state index contributed by atoms with van der Waals surface area (Å²) in [5.41, 5.74) is 5.06. The van der Waals surface area contributed by atoms with E-state index in [1.807, 2.05) is 24.5 Å². The van der Waals surface area contributed by atoms with Gasteiger partial charge in [-0.25, -0.2) is 9.36 Å². The molecule has 136 valence electrons. The van der Waals surface area contributed by atoms with Gasteiger partial charge >= 0.3 is 5.97 Å². The first kappa shape index (κ1) is 18.6. The highest BCUT2D eigenvalue weighted by Gasteiger charge is 2.05. The summed E-state index contributed by atoms with van der Waals surface area (Å²) in [6.45, 7) is 5.11. The number of carboxylic acid groups (broad SMARTS) is 1. The van der Waals surface area contributed by atoms with Crippen LogP contribution >= 0.6 is 0 Å². The van der Waals surface area contributed by atoms with Gasteiger partial charge in [0.15, 0.2) is 18.9 Å². The molecule has 0 unspecified atom stereocenters. The average Bonchev–Trinajstić information content (AvgIpc) is 2.68. The molecule has 0 spiro atoms. The Morgan fingerprint density at radius 3 is 1.96 bits per heavy atom. The van der Waals surface area contributed by atoms with Crippen LogP contribution in [0.4, 0.5) is 0 Å². The van der Waals surface area contributed by atoms with E-state index in [2.05, 4.69) is 67.0 Å². The highest BCUT2D eigenvalue weighted by molar-refractivity contribution is 5.87.